The van der Waals surface area contributed by atoms with Gasteiger partial charge in [0.25, 0.3) is 0 Å². The van der Waals surface area contributed by atoms with E-state index in [-0.39, 0.29) is 25.7 Å². The second-order valence-corrected chi connectivity index (χ2v) is 30.2. The van der Waals surface area contributed by atoms with Gasteiger partial charge in [-0.05, 0) is 37.5 Å². The molecule has 0 fully saturated rings. The van der Waals surface area contributed by atoms with Crippen molar-refractivity contribution in [2.45, 2.75) is 394 Å². The van der Waals surface area contributed by atoms with Gasteiger partial charge in [0.1, 0.15) is 19.3 Å². The van der Waals surface area contributed by atoms with Crippen LogP contribution in [0.15, 0.2) is 0 Å². The van der Waals surface area contributed by atoms with Gasteiger partial charge in [0.15, 0.2) is 12.2 Å². The molecule has 0 saturated heterocycles. The summed E-state index contributed by atoms with van der Waals surface area (Å²) in [6, 6.07) is 0. The van der Waals surface area contributed by atoms with E-state index in [0.29, 0.717) is 25.7 Å². The largest absolute Gasteiger partial charge is 0.472 e. The van der Waals surface area contributed by atoms with Crippen LogP contribution >= 0.6 is 15.6 Å². The van der Waals surface area contributed by atoms with E-state index in [1.807, 2.05) is 0 Å². The number of rotatable bonds is 72. The first-order valence-electron chi connectivity index (χ1n) is 38.0. The van der Waals surface area contributed by atoms with Gasteiger partial charge in [-0.15, -0.1) is 0 Å². The second kappa shape index (κ2) is 65.0. The molecule has 0 bridgehead atoms. The molecule has 2 unspecified atom stereocenters. The minimum atomic E-state index is -4.95. The molecule has 0 saturated carbocycles. The van der Waals surface area contributed by atoms with Crippen molar-refractivity contribution in [3.63, 3.8) is 0 Å². The summed E-state index contributed by atoms with van der Waals surface area (Å²) < 4.78 is 68.3. The minimum absolute atomic E-state index is 0.107. The second-order valence-electron chi connectivity index (χ2n) is 27.3. The van der Waals surface area contributed by atoms with E-state index in [1.165, 1.54) is 186 Å². The van der Waals surface area contributed by atoms with Crippen LogP contribution in [0, 0.1) is 11.8 Å². The molecule has 546 valence electrons. The molecule has 5 atom stereocenters. The molecule has 0 rings (SSSR count). The molecule has 0 aliphatic heterocycles. The number of phosphoric acid groups is 2. The van der Waals surface area contributed by atoms with E-state index in [2.05, 4.69) is 41.5 Å². The first-order valence-corrected chi connectivity index (χ1v) is 41.0. The summed E-state index contributed by atoms with van der Waals surface area (Å²) >= 11 is 0. The van der Waals surface area contributed by atoms with E-state index in [9.17, 15) is 43.2 Å². The van der Waals surface area contributed by atoms with Gasteiger partial charge in [-0.2, -0.15) is 0 Å². The lowest BCUT2D eigenvalue weighted by Crippen LogP contribution is -2.30. The van der Waals surface area contributed by atoms with Crippen LogP contribution in [0.5, 0.6) is 0 Å². The van der Waals surface area contributed by atoms with Crippen molar-refractivity contribution in [2.75, 3.05) is 39.6 Å². The zero-order valence-corrected chi connectivity index (χ0v) is 61.6. The molecule has 0 aromatic carbocycles. The summed E-state index contributed by atoms with van der Waals surface area (Å²) in [6.07, 6.45) is 51.3. The van der Waals surface area contributed by atoms with E-state index >= 15 is 0 Å². The average Bonchev–Trinajstić information content (AvgIpc) is 2.43. The number of ether oxygens (including phenoxy) is 4. The Morgan fingerprint density at radius 2 is 0.500 bits per heavy atom. The van der Waals surface area contributed by atoms with Crippen molar-refractivity contribution in [1.29, 1.82) is 0 Å². The monoisotopic (exact) mass is 1350 g/mol. The van der Waals surface area contributed by atoms with Crippen molar-refractivity contribution in [3.05, 3.63) is 0 Å². The van der Waals surface area contributed by atoms with Crippen LogP contribution in [0.3, 0.4) is 0 Å². The Kier molecular flexibility index (Phi) is 63.7. The van der Waals surface area contributed by atoms with E-state index in [4.69, 9.17) is 37.0 Å². The number of phosphoric ester groups is 2. The highest BCUT2D eigenvalue weighted by atomic mass is 31.2. The molecule has 0 aromatic rings. The lowest BCUT2D eigenvalue weighted by atomic mass is 10.0. The first kappa shape index (κ1) is 90.1. The quantitative estimate of drug-likeness (QED) is 0.0222. The molecule has 0 aliphatic carbocycles. The maximum atomic E-state index is 13.1. The van der Waals surface area contributed by atoms with E-state index < -0.39 is 97.5 Å². The highest BCUT2D eigenvalue weighted by molar-refractivity contribution is 7.47. The van der Waals surface area contributed by atoms with Crippen LogP contribution in [0.1, 0.15) is 375 Å². The SMILES string of the molecule is CCCCCCCCCCCCCC(=O)O[C@H](COC(=O)CCCCCCCCCC)COP(=O)(O)OC[C@H](O)COP(=O)(O)OC[C@@H](COC(=O)CCCCCCCCCCCCCCC(C)C)OC(=O)CCCCCCCCCCCCCCCCCC(C)C. The van der Waals surface area contributed by atoms with E-state index in [1.54, 1.807) is 0 Å². The van der Waals surface area contributed by atoms with Gasteiger partial charge in [-0.1, -0.05) is 324 Å². The summed E-state index contributed by atoms with van der Waals surface area (Å²) in [6.45, 7) is 9.58. The number of hydrogen-bond acceptors (Lipinski definition) is 15. The standard InChI is InChI=1S/C73H142O17P2/c1-7-9-11-13-15-17-25-33-39-45-51-57-72(77)89-68(61-83-70(75)55-49-43-37-16-14-12-10-8-2)63-87-91(79,80)85-59-67(74)60-86-92(81,82)88-64-69(62-84-71(76)56-50-44-38-32-28-24-23-27-31-36-42-48-54-66(5)6)90-73(78)58-52-46-40-34-29-22-20-18-19-21-26-30-35-41-47-53-65(3)4/h65-69,74H,7-64H2,1-6H3,(H,79,80)(H,81,82)/t67-,68+,69+/m0/s1. The maximum Gasteiger partial charge on any atom is 0.472 e. The van der Waals surface area contributed by atoms with Crippen molar-refractivity contribution in [1.82, 2.24) is 0 Å². The third kappa shape index (κ3) is 66.7. The van der Waals surface area contributed by atoms with Crippen LogP contribution < -0.4 is 0 Å². The number of hydrogen-bond donors (Lipinski definition) is 3. The fourth-order valence-corrected chi connectivity index (χ4v) is 12.7. The Labute approximate surface area is 562 Å². The van der Waals surface area contributed by atoms with Crippen LogP contribution in [0.4, 0.5) is 0 Å². The predicted octanol–water partition coefficient (Wildman–Crippen LogP) is 21.2. The molecule has 0 spiro atoms. The van der Waals surface area contributed by atoms with Crippen molar-refractivity contribution in [3.8, 4) is 0 Å². The van der Waals surface area contributed by atoms with Gasteiger partial charge < -0.3 is 33.8 Å². The van der Waals surface area contributed by atoms with Gasteiger partial charge in [0.05, 0.1) is 26.4 Å². The number of aliphatic hydroxyl groups excluding tert-OH is 1. The number of aliphatic hydroxyl groups is 1. The van der Waals surface area contributed by atoms with Gasteiger partial charge in [-0.25, -0.2) is 9.13 Å². The van der Waals surface area contributed by atoms with Gasteiger partial charge in [-0.3, -0.25) is 37.3 Å². The molecule has 0 radical (unpaired) electrons. The lowest BCUT2D eigenvalue weighted by Gasteiger charge is -2.21. The molecule has 0 amide bonds. The minimum Gasteiger partial charge on any atom is -0.462 e. The summed E-state index contributed by atoms with van der Waals surface area (Å²) in [5.74, 6) is -0.537. The Bertz CT molecular complexity index is 1790. The van der Waals surface area contributed by atoms with Crippen molar-refractivity contribution in [2.24, 2.45) is 11.8 Å². The maximum absolute atomic E-state index is 13.1. The summed E-state index contributed by atoms with van der Waals surface area (Å²) in [7, 11) is -9.90. The molecule has 0 heterocycles. The van der Waals surface area contributed by atoms with E-state index in [0.717, 1.165) is 108 Å². The molecule has 3 N–H and O–H groups in total. The highest BCUT2D eigenvalue weighted by Crippen LogP contribution is 2.45. The fraction of sp³-hybridized carbons (Fsp3) is 0.945. The van der Waals surface area contributed by atoms with Gasteiger partial charge >= 0.3 is 39.5 Å². The Morgan fingerprint density at radius 3 is 0.739 bits per heavy atom. The van der Waals surface area contributed by atoms with Crippen LogP contribution in [-0.4, -0.2) is 96.7 Å². The molecular weight excluding hydrogens is 1210 g/mol. The van der Waals surface area contributed by atoms with Crippen LogP contribution in [0.2, 0.25) is 0 Å². The molecule has 0 aliphatic rings. The summed E-state index contributed by atoms with van der Waals surface area (Å²) in [5, 5.41) is 10.6. The zero-order chi connectivity index (χ0) is 67.9. The van der Waals surface area contributed by atoms with Gasteiger partial charge in [0.2, 0.25) is 0 Å². The Balaban J connectivity index is 5.21. The predicted molar refractivity (Wildman–Crippen MR) is 372 cm³/mol. The zero-order valence-electron chi connectivity index (χ0n) is 59.9. The highest BCUT2D eigenvalue weighted by Gasteiger charge is 2.30. The van der Waals surface area contributed by atoms with Gasteiger partial charge in [0, 0.05) is 25.7 Å². The molecule has 0 aromatic heterocycles. The number of esters is 4. The molecule has 17 nitrogen and oxygen atoms in total. The van der Waals surface area contributed by atoms with Crippen LogP contribution in [-0.2, 0) is 65.4 Å². The van der Waals surface area contributed by atoms with Crippen molar-refractivity contribution < 1.29 is 80.2 Å². The van der Waals surface area contributed by atoms with Crippen molar-refractivity contribution >= 4 is 39.5 Å². The third-order valence-corrected chi connectivity index (χ3v) is 18.9. The summed E-state index contributed by atoms with van der Waals surface area (Å²) in [5.41, 5.74) is 0. The fourth-order valence-electron chi connectivity index (χ4n) is 11.1. The molecular formula is C73H142O17P2. The smallest absolute Gasteiger partial charge is 0.462 e. The number of unbranched alkanes of at least 4 members (excludes halogenated alkanes) is 42. The molecule has 92 heavy (non-hydrogen) atoms. The number of carbonyl (C=O) groups excluding carboxylic acids is 4. The van der Waals surface area contributed by atoms with Crippen LogP contribution in [0.25, 0.3) is 0 Å². The average molecular weight is 1350 g/mol. The lowest BCUT2D eigenvalue weighted by molar-refractivity contribution is -0.161. The first-order chi connectivity index (χ1) is 44.4. The number of carbonyl (C=O) groups is 4. The Hall–Kier alpha value is -1.94. The third-order valence-electron chi connectivity index (χ3n) is 17.0. The topological polar surface area (TPSA) is 237 Å². The summed E-state index contributed by atoms with van der Waals surface area (Å²) in [4.78, 5) is 72.6. The normalized spacial score (nSPS) is 14.1. The Morgan fingerprint density at radius 1 is 0.293 bits per heavy atom. The molecule has 19 heteroatoms.